The van der Waals surface area contributed by atoms with Crippen LogP contribution in [0.1, 0.15) is 31.4 Å². The fraction of sp³-hybridized carbons (Fsp3) is 0.600. The molecule has 0 aliphatic carbocycles. The van der Waals surface area contributed by atoms with Crippen LogP contribution in [0.3, 0.4) is 0 Å². The summed E-state index contributed by atoms with van der Waals surface area (Å²) >= 11 is 0. The molecule has 1 rings (SSSR count). The topological polar surface area (TPSA) is 67.4 Å². The lowest BCUT2D eigenvalue weighted by atomic mass is 10.1. The quantitative estimate of drug-likeness (QED) is 0.689. The minimum Gasteiger partial charge on any atom is -0.383 e. The summed E-state index contributed by atoms with van der Waals surface area (Å²) in [6.45, 7) is 6.00. The van der Waals surface area contributed by atoms with E-state index >= 15 is 0 Å². The Morgan fingerprint density at radius 2 is 1.95 bits per heavy atom. The Labute approximate surface area is 128 Å². The van der Waals surface area contributed by atoms with Crippen LogP contribution in [0.5, 0.6) is 0 Å². The van der Waals surface area contributed by atoms with E-state index in [1.54, 1.807) is 7.11 Å². The van der Waals surface area contributed by atoms with Crippen LogP contribution in [0.15, 0.2) is 24.3 Å². The molecule has 0 saturated heterocycles. The lowest BCUT2D eigenvalue weighted by Gasteiger charge is -2.16. The summed E-state index contributed by atoms with van der Waals surface area (Å²) < 4.78 is 32.1. The highest BCUT2D eigenvalue weighted by molar-refractivity contribution is 7.88. The predicted octanol–water partition coefficient (Wildman–Crippen LogP) is 1.64. The van der Waals surface area contributed by atoms with Gasteiger partial charge in [-0.15, -0.1) is 0 Å². The summed E-state index contributed by atoms with van der Waals surface area (Å²) in [7, 11) is -1.79. The second kappa shape index (κ2) is 9.15. The second-order valence-corrected chi connectivity index (χ2v) is 6.79. The maximum absolute atomic E-state index is 12.2. The van der Waals surface area contributed by atoms with Crippen LogP contribution in [0.4, 0.5) is 0 Å². The van der Waals surface area contributed by atoms with Crippen LogP contribution in [0.25, 0.3) is 0 Å². The highest BCUT2D eigenvalue weighted by Gasteiger charge is 2.17. The minimum absolute atomic E-state index is 0.00677. The molecule has 5 nitrogen and oxygen atoms in total. The van der Waals surface area contributed by atoms with E-state index in [1.807, 2.05) is 38.1 Å². The van der Waals surface area contributed by atoms with E-state index in [-0.39, 0.29) is 11.8 Å². The first-order chi connectivity index (χ1) is 10.0. The highest BCUT2D eigenvalue weighted by atomic mass is 32.2. The number of hydrogen-bond acceptors (Lipinski definition) is 4. The van der Waals surface area contributed by atoms with Gasteiger partial charge in [-0.2, -0.15) is 0 Å². The van der Waals surface area contributed by atoms with E-state index in [1.165, 1.54) is 0 Å². The van der Waals surface area contributed by atoms with Crippen molar-refractivity contribution in [3.05, 3.63) is 35.4 Å². The molecule has 0 aliphatic rings. The molecule has 0 saturated carbocycles. The van der Waals surface area contributed by atoms with E-state index in [4.69, 9.17) is 4.74 Å². The van der Waals surface area contributed by atoms with Gasteiger partial charge in [0, 0.05) is 19.7 Å². The van der Waals surface area contributed by atoms with Gasteiger partial charge in [-0.05, 0) is 24.1 Å². The van der Waals surface area contributed by atoms with Crippen molar-refractivity contribution >= 4 is 10.0 Å². The van der Waals surface area contributed by atoms with Gasteiger partial charge in [-0.3, -0.25) is 0 Å². The summed E-state index contributed by atoms with van der Waals surface area (Å²) in [6, 6.07) is 7.48. The minimum atomic E-state index is -3.36. The average molecular weight is 314 g/mol. The van der Waals surface area contributed by atoms with E-state index in [0.29, 0.717) is 13.0 Å². The fourth-order valence-electron chi connectivity index (χ4n) is 2.05. The number of sulfonamides is 1. The molecular weight excluding hydrogens is 288 g/mol. The summed E-state index contributed by atoms with van der Waals surface area (Å²) in [5.74, 6) is -0.00677. The number of nitrogens with one attached hydrogen (secondary N) is 2. The zero-order valence-electron chi connectivity index (χ0n) is 13.1. The Bertz CT molecular complexity index is 517. The Hall–Kier alpha value is -0.950. The SMILES string of the molecule is CCNCc1cccc(CS(=O)(=O)NC(CC)COC)c1. The summed E-state index contributed by atoms with van der Waals surface area (Å²) in [4.78, 5) is 0. The normalized spacial score (nSPS) is 13.3. The zero-order valence-corrected chi connectivity index (χ0v) is 13.9. The van der Waals surface area contributed by atoms with Crippen LogP contribution in [0, 0.1) is 0 Å². The maximum Gasteiger partial charge on any atom is 0.216 e. The van der Waals surface area contributed by atoms with E-state index < -0.39 is 10.0 Å². The molecular formula is C15H26N2O3S. The van der Waals surface area contributed by atoms with Gasteiger partial charge >= 0.3 is 0 Å². The summed E-state index contributed by atoms with van der Waals surface area (Å²) in [5, 5.41) is 3.23. The largest absolute Gasteiger partial charge is 0.383 e. The van der Waals surface area contributed by atoms with Gasteiger partial charge < -0.3 is 10.1 Å². The first-order valence-electron chi connectivity index (χ1n) is 7.28. The first kappa shape index (κ1) is 18.1. The molecule has 0 fully saturated rings. The standard InChI is InChI=1S/C15H26N2O3S/c1-4-15(11-20-3)17-21(18,19)12-14-8-6-7-13(9-14)10-16-5-2/h6-9,15-17H,4-5,10-12H2,1-3H3. The fourth-order valence-corrected chi connectivity index (χ4v) is 3.49. The number of hydrogen-bond donors (Lipinski definition) is 2. The van der Waals surface area contributed by atoms with Gasteiger partial charge in [0.15, 0.2) is 0 Å². The summed E-state index contributed by atoms with van der Waals surface area (Å²) in [5.41, 5.74) is 1.89. The van der Waals surface area contributed by atoms with Gasteiger partial charge in [-0.1, -0.05) is 38.1 Å². The number of ether oxygens (including phenoxy) is 1. The highest BCUT2D eigenvalue weighted by Crippen LogP contribution is 2.09. The monoisotopic (exact) mass is 314 g/mol. The molecule has 0 amide bonds. The van der Waals surface area contributed by atoms with Crippen molar-refractivity contribution < 1.29 is 13.2 Å². The third kappa shape index (κ3) is 7.04. The van der Waals surface area contributed by atoms with E-state index in [0.717, 1.165) is 24.2 Å². The van der Waals surface area contributed by atoms with Gasteiger partial charge in [-0.25, -0.2) is 13.1 Å². The molecule has 0 spiro atoms. The molecule has 1 aromatic rings. The van der Waals surface area contributed by atoms with Gasteiger partial charge in [0.2, 0.25) is 10.0 Å². The van der Waals surface area contributed by atoms with Crippen molar-refractivity contribution in [2.24, 2.45) is 0 Å². The Morgan fingerprint density at radius 3 is 2.57 bits per heavy atom. The summed E-state index contributed by atoms with van der Waals surface area (Å²) in [6.07, 6.45) is 0.702. The Morgan fingerprint density at radius 1 is 1.24 bits per heavy atom. The molecule has 0 heterocycles. The molecule has 0 aliphatic heterocycles. The molecule has 120 valence electrons. The molecule has 0 aromatic heterocycles. The third-order valence-electron chi connectivity index (χ3n) is 3.13. The zero-order chi connectivity index (χ0) is 15.7. The van der Waals surface area contributed by atoms with Crippen molar-refractivity contribution in [1.82, 2.24) is 10.0 Å². The number of rotatable bonds is 10. The van der Waals surface area contributed by atoms with Crippen LogP contribution in [-0.4, -0.2) is 34.7 Å². The van der Waals surface area contributed by atoms with Crippen LogP contribution in [0.2, 0.25) is 0 Å². The Kier molecular flexibility index (Phi) is 7.88. The lowest BCUT2D eigenvalue weighted by Crippen LogP contribution is -2.38. The lowest BCUT2D eigenvalue weighted by molar-refractivity contribution is 0.173. The van der Waals surface area contributed by atoms with Crippen LogP contribution in [-0.2, 0) is 27.1 Å². The molecule has 1 atom stereocenters. The van der Waals surface area contributed by atoms with Crippen LogP contribution < -0.4 is 10.0 Å². The molecule has 1 aromatic carbocycles. The number of benzene rings is 1. The van der Waals surface area contributed by atoms with Crippen molar-refractivity contribution in [3.63, 3.8) is 0 Å². The molecule has 0 radical (unpaired) electrons. The Balaban J connectivity index is 2.70. The van der Waals surface area contributed by atoms with Crippen molar-refractivity contribution in [1.29, 1.82) is 0 Å². The molecule has 1 unspecified atom stereocenters. The van der Waals surface area contributed by atoms with Crippen molar-refractivity contribution in [2.45, 2.75) is 38.6 Å². The maximum atomic E-state index is 12.2. The van der Waals surface area contributed by atoms with E-state index in [2.05, 4.69) is 10.0 Å². The first-order valence-corrected chi connectivity index (χ1v) is 8.93. The van der Waals surface area contributed by atoms with Gasteiger partial charge in [0.25, 0.3) is 0 Å². The number of methoxy groups -OCH3 is 1. The molecule has 2 N–H and O–H groups in total. The molecule has 0 bridgehead atoms. The second-order valence-electron chi connectivity index (χ2n) is 5.04. The van der Waals surface area contributed by atoms with E-state index in [9.17, 15) is 8.42 Å². The molecule has 21 heavy (non-hydrogen) atoms. The van der Waals surface area contributed by atoms with Gasteiger partial charge in [0.05, 0.1) is 12.4 Å². The van der Waals surface area contributed by atoms with Crippen molar-refractivity contribution in [2.75, 3.05) is 20.3 Å². The van der Waals surface area contributed by atoms with Crippen LogP contribution >= 0.6 is 0 Å². The smallest absolute Gasteiger partial charge is 0.216 e. The third-order valence-corrected chi connectivity index (χ3v) is 4.54. The average Bonchev–Trinajstić information content (AvgIpc) is 2.44. The van der Waals surface area contributed by atoms with Crippen molar-refractivity contribution in [3.8, 4) is 0 Å². The molecule has 6 heteroatoms. The van der Waals surface area contributed by atoms with Gasteiger partial charge in [0.1, 0.15) is 0 Å². The predicted molar refractivity (Wildman–Crippen MR) is 85.5 cm³/mol.